The highest BCUT2D eigenvalue weighted by atomic mass is 32.2. The van der Waals surface area contributed by atoms with Crippen molar-refractivity contribution in [3.63, 3.8) is 0 Å². The number of ether oxygens (including phenoxy) is 1. The highest BCUT2D eigenvalue weighted by molar-refractivity contribution is 7.92. The molecular weight excluding hydrogens is 872 g/mol. The number of aromatic nitrogens is 3. The number of carbonyl (C=O) groups is 5. The van der Waals surface area contributed by atoms with Crippen molar-refractivity contribution >= 4 is 79.1 Å². The van der Waals surface area contributed by atoms with Crippen LogP contribution in [0.25, 0.3) is 10.8 Å². The fourth-order valence-electron chi connectivity index (χ4n) is 10.5. The van der Waals surface area contributed by atoms with Crippen LogP contribution < -0.4 is 25.3 Å². The number of fused-ring (bicyclic) bond motifs is 2. The number of halogens is 1. The lowest BCUT2D eigenvalue weighted by molar-refractivity contribution is -0.136. The van der Waals surface area contributed by atoms with E-state index in [1.165, 1.54) is 13.2 Å². The molecule has 2 N–H and O–H groups in total. The molecule has 5 fully saturated rings. The lowest BCUT2D eigenvalue weighted by atomic mass is 9.91. The number of amides is 5. The van der Waals surface area contributed by atoms with Gasteiger partial charge in [0.25, 0.3) is 11.8 Å². The molecule has 344 valence electrons. The van der Waals surface area contributed by atoms with Gasteiger partial charge in [0.15, 0.2) is 9.84 Å². The van der Waals surface area contributed by atoms with Gasteiger partial charge in [-0.05, 0) is 79.1 Å². The summed E-state index contributed by atoms with van der Waals surface area (Å²) < 4.78 is 47.5. The number of alkyl halides is 1. The summed E-state index contributed by atoms with van der Waals surface area (Å²) in [6.45, 7) is 6.29. The van der Waals surface area contributed by atoms with Gasteiger partial charge in [-0.1, -0.05) is 12.6 Å². The first-order valence-corrected chi connectivity index (χ1v) is 24.0. The van der Waals surface area contributed by atoms with Crippen LogP contribution in [-0.4, -0.2) is 145 Å². The number of likely N-dealkylation sites (tertiary alicyclic amines) is 1. The number of nitrogens with zero attached hydrogens (tertiary/aromatic N) is 8. The van der Waals surface area contributed by atoms with E-state index in [1.54, 1.807) is 41.6 Å². The second kappa shape index (κ2) is 17.0. The summed E-state index contributed by atoms with van der Waals surface area (Å²) in [4.78, 5) is 86.8. The standard InChI is InChI=1S/C46H49FN10O8S/c1-3-42(59)56-15-4-5-35(56)28-8-9-34(32-21-49-40(20-30(28)32)50-39-12-14-48-46(51-39)54-16-13-37(65-2)33(47)24-54)55-22-26(23-55)38-25-53(17-18-66(38,63)64)27-6-7-29-31(19-27)45(62)57(44(29)61)36-10-11-41(58)52-43(36)60/h3,6-9,12,14,19-21,26,33,35-38H,1,4-5,10-11,13,15-18,22-25H2,2H3,(H,52,58,60)(H,48,49,50,51)/t33-,35-,36?,37+,38+/m0/s1. The van der Waals surface area contributed by atoms with Crippen molar-refractivity contribution in [3.8, 4) is 0 Å². The molecule has 4 aromatic rings. The van der Waals surface area contributed by atoms with Gasteiger partial charge in [-0.15, -0.1) is 0 Å². The van der Waals surface area contributed by atoms with Crippen LogP contribution in [-0.2, 0) is 29.0 Å². The number of carbonyl (C=O) groups excluding carboxylic acids is 5. The molecule has 2 aromatic heterocycles. The first kappa shape index (κ1) is 43.4. The van der Waals surface area contributed by atoms with E-state index in [4.69, 9.17) is 9.72 Å². The maximum atomic E-state index is 14.8. The zero-order valence-electron chi connectivity index (χ0n) is 36.3. The third-order valence-corrected chi connectivity index (χ3v) is 16.2. The van der Waals surface area contributed by atoms with E-state index in [-0.39, 0.29) is 67.2 Å². The van der Waals surface area contributed by atoms with E-state index in [2.05, 4.69) is 32.1 Å². The van der Waals surface area contributed by atoms with E-state index >= 15 is 0 Å². The fraction of sp³-hybridized carbons (Fsp3) is 0.435. The molecule has 66 heavy (non-hydrogen) atoms. The van der Waals surface area contributed by atoms with Gasteiger partial charge in [0.2, 0.25) is 23.7 Å². The predicted molar refractivity (Wildman–Crippen MR) is 242 cm³/mol. The molecule has 5 saturated heterocycles. The molecule has 5 amide bonds. The van der Waals surface area contributed by atoms with Gasteiger partial charge in [0.1, 0.15) is 23.8 Å². The minimum Gasteiger partial charge on any atom is -0.378 e. The summed E-state index contributed by atoms with van der Waals surface area (Å²) >= 11 is 0. The van der Waals surface area contributed by atoms with Crippen molar-refractivity contribution in [3.05, 3.63) is 84.2 Å². The second-order valence-electron chi connectivity index (χ2n) is 17.8. The Kier molecular flexibility index (Phi) is 11.2. The van der Waals surface area contributed by atoms with Gasteiger partial charge in [-0.25, -0.2) is 22.8 Å². The van der Waals surface area contributed by atoms with Gasteiger partial charge in [0, 0.05) is 87.9 Å². The van der Waals surface area contributed by atoms with Gasteiger partial charge in [-0.2, -0.15) is 4.98 Å². The number of pyridine rings is 1. The zero-order chi connectivity index (χ0) is 46.0. The third-order valence-electron chi connectivity index (χ3n) is 14.0. The van der Waals surface area contributed by atoms with Crippen LogP contribution in [0.15, 0.2) is 67.5 Å². The number of imide groups is 2. The molecule has 2 aromatic carbocycles. The van der Waals surface area contributed by atoms with Crippen LogP contribution in [0, 0.1) is 5.92 Å². The number of rotatable bonds is 10. The summed E-state index contributed by atoms with van der Waals surface area (Å²) in [5, 5.41) is 6.52. The first-order chi connectivity index (χ1) is 31.8. The highest BCUT2D eigenvalue weighted by Gasteiger charge is 2.47. The minimum atomic E-state index is -3.50. The minimum absolute atomic E-state index is 0.0125. The second-order valence-corrected chi connectivity index (χ2v) is 20.1. The van der Waals surface area contributed by atoms with Crippen LogP contribution in [0.1, 0.15) is 64.4 Å². The van der Waals surface area contributed by atoms with E-state index in [0.717, 1.165) is 39.8 Å². The van der Waals surface area contributed by atoms with Crippen LogP contribution in [0.3, 0.4) is 0 Å². The van der Waals surface area contributed by atoms with E-state index in [9.17, 15) is 36.8 Å². The zero-order valence-corrected chi connectivity index (χ0v) is 37.1. The molecule has 6 aliphatic rings. The summed E-state index contributed by atoms with van der Waals surface area (Å²) in [5.74, 6) is -1.46. The molecular formula is C46H49FN10O8S. The lowest BCUT2D eigenvalue weighted by Crippen LogP contribution is -2.60. The maximum Gasteiger partial charge on any atom is 0.262 e. The molecule has 6 aliphatic heterocycles. The highest BCUT2D eigenvalue weighted by Crippen LogP contribution is 2.43. The Morgan fingerprint density at radius 2 is 1.70 bits per heavy atom. The number of piperidine rings is 2. The van der Waals surface area contributed by atoms with Crippen molar-refractivity contribution in [2.45, 2.75) is 61.7 Å². The van der Waals surface area contributed by atoms with Crippen molar-refractivity contribution in [1.82, 2.24) is 30.1 Å². The Labute approximate surface area is 380 Å². The van der Waals surface area contributed by atoms with E-state index in [0.29, 0.717) is 55.9 Å². The van der Waals surface area contributed by atoms with Crippen LogP contribution in [0.5, 0.6) is 0 Å². The summed E-state index contributed by atoms with van der Waals surface area (Å²) in [5.41, 5.74) is 2.71. The van der Waals surface area contributed by atoms with Crippen molar-refractivity contribution in [2.75, 3.05) is 78.7 Å². The first-order valence-electron chi connectivity index (χ1n) is 22.3. The Morgan fingerprint density at radius 1 is 0.879 bits per heavy atom. The number of benzene rings is 2. The molecule has 8 heterocycles. The molecule has 0 spiro atoms. The monoisotopic (exact) mass is 920 g/mol. The Hall–Kier alpha value is -6.54. The average molecular weight is 921 g/mol. The van der Waals surface area contributed by atoms with Gasteiger partial charge in [0.05, 0.1) is 40.8 Å². The van der Waals surface area contributed by atoms with Gasteiger partial charge >= 0.3 is 0 Å². The smallest absolute Gasteiger partial charge is 0.262 e. The normalized spacial score (nSPS) is 25.5. The number of hydrogen-bond acceptors (Lipinski definition) is 15. The number of sulfone groups is 1. The summed E-state index contributed by atoms with van der Waals surface area (Å²) in [7, 11) is -1.99. The Morgan fingerprint density at radius 3 is 2.47 bits per heavy atom. The van der Waals surface area contributed by atoms with Crippen LogP contribution in [0.4, 0.5) is 33.3 Å². The molecule has 0 saturated carbocycles. The van der Waals surface area contributed by atoms with Crippen LogP contribution >= 0.6 is 0 Å². The molecule has 10 rings (SSSR count). The summed E-state index contributed by atoms with van der Waals surface area (Å²) in [6.07, 6.45) is 5.24. The van der Waals surface area contributed by atoms with E-state index in [1.807, 2.05) is 28.0 Å². The Balaban J connectivity index is 0.887. The fourth-order valence-corrected chi connectivity index (χ4v) is 12.4. The molecule has 0 radical (unpaired) electrons. The van der Waals surface area contributed by atoms with Gasteiger partial charge < -0.3 is 29.7 Å². The number of nitrogens with one attached hydrogen (secondary N) is 2. The number of anilines is 5. The van der Waals surface area contributed by atoms with E-state index < -0.39 is 57.0 Å². The molecule has 18 nitrogen and oxygen atoms in total. The number of hydrogen-bond donors (Lipinski definition) is 2. The van der Waals surface area contributed by atoms with Crippen molar-refractivity contribution in [1.29, 1.82) is 0 Å². The van der Waals surface area contributed by atoms with Crippen molar-refractivity contribution < 1.29 is 41.5 Å². The largest absolute Gasteiger partial charge is 0.378 e. The third kappa shape index (κ3) is 7.68. The number of methoxy groups -OCH3 is 1. The maximum absolute atomic E-state index is 14.8. The predicted octanol–water partition coefficient (Wildman–Crippen LogP) is 3.32. The summed E-state index contributed by atoms with van der Waals surface area (Å²) in [6, 6.07) is 11.3. The molecule has 5 atom stereocenters. The molecule has 20 heteroatoms. The molecule has 0 aliphatic carbocycles. The quantitative estimate of drug-likeness (QED) is 0.173. The van der Waals surface area contributed by atoms with Crippen LogP contribution in [0.2, 0.25) is 0 Å². The lowest BCUT2D eigenvalue weighted by Gasteiger charge is -2.47. The molecule has 1 unspecified atom stereocenters. The topological polar surface area (TPSA) is 208 Å². The average Bonchev–Trinajstić information content (AvgIpc) is 3.88. The Bertz CT molecular complexity index is 2810. The van der Waals surface area contributed by atoms with Crippen molar-refractivity contribution in [2.24, 2.45) is 5.92 Å². The SMILES string of the molecule is C=CC(=O)N1CCC[C@H]1c1ccc(N2CC([C@H]3CN(c4ccc5c(c4)C(=O)N(C4CCC(=O)NC4=O)C5=O)CCS3(=O)=O)C2)c2cnc(Nc3ccnc(N4CC[C@@H](OC)[C@@H](F)C4)n3)cc12. The molecule has 0 bridgehead atoms. The van der Waals surface area contributed by atoms with Gasteiger partial charge in [-0.3, -0.25) is 34.2 Å².